The normalized spacial score (nSPS) is 12.4. The Labute approximate surface area is 146 Å². The Balaban J connectivity index is 2.76. The van der Waals surface area contributed by atoms with Crippen LogP contribution >= 0.6 is 0 Å². The maximum atomic E-state index is 13.2. The largest absolute Gasteiger partial charge is 0.491 e. The molecule has 1 N–H and O–H groups in total. The fourth-order valence-electron chi connectivity index (χ4n) is 1.98. The van der Waals surface area contributed by atoms with E-state index in [1.54, 1.807) is 20.8 Å². The van der Waals surface area contributed by atoms with Crippen molar-refractivity contribution < 1.29 is 27.8 Å². The van der Waals surface area contributed by atoms with Crippen molar-refractivity contribution in [2.75, 3.05) is 6.61 Å². The molecule has 1 amide bonds. The van der Waals surface area contributed by atoms with Crippen LogP contribution in [0.15, 0.2) is 18.2 Å². The van der Waals surface area contributed by atoms with Gasteiger partial charge in [-0.2, -0.15) is 0 Å². The summed E-state index contributed by atoms with van der Waals surface area (Å²) in [5.41, 5.74) is -0.715. The molecule has 0 aliphatic rings. The lowest BCUT2D eigenvalue weighted by Gasteiger charge is -2.23. The number of hydrogen-bond acceptors (Lipinski definition) is 4. The average Bonchev–Trinajstić information content (AvgIpc) is 2.46. The number of amides is 1. The van der Waals surface area contributed by atoms with Gasteiger partial charge in [0.15, 0.2) is 5.78 Å². The quantitative estimate of drug-likeness (QED) is 0.764. The van der Waals surface area contributed by atoms with E-state index in [1.165, 1.54) is 0 Å². The van der Waals surface area contributed by atoms with E-state index in [0.717, 1.165) is 24.6 Å². The monoisotopic (exact) mass is 357 g/mol. The van der Waals surface area contributed by atoms with Crippen LogP contribution in [0.3, 0.4) is 0 Å². The van der Waals surface area contributed by atoms with Crippen LogP contribution in [0.2, 0.25) is 0 Å². The Kier molecular flexibility index (Phi) is 7.80. The van der Waals surface area contributed by atoms with Crippen molar-refractivity contribution in [1.82, 2.24) is 5.32 Å². The highest BCUT2D eigenvalue weighted by Gasteiger charge is 2.24. The number of ether oxygens (including phenoxy) is 2. The molecular formula is C18H25F2NO4. The van der Waals surface area contributed by atoms with Crippen molar-refractivity contribution >= 4 is 11.9 Å². The van der Waals surface area contributed by atoms with Crippen LogP contribution in [-0.2, 0) is 9.53 Å². The molecule has 25 heavy (non-hydrogen) atoms. The van der Waals surface area contributed by atoms with Crippen molar-refractivity contribution in [2.45, 2.75) is 58.6 Å². The number of Topliss-reactive ketones (excluding diaryl/α,β-unsaturated/α-hetero) is 1. The standard InChI is InChI=1S/C18H25F2NO4/c1-5-6-7-16(22)15(21-17(23)25-18(2,3)4)11-24-14-9-12(19)8-13(20)10-14/h8-10,15H,5-7,11H2,1-4H3,(H,21,23)/t15-/m0/s1. The van der Waals surface area contributed by atoms with Gasteiger partial charge < -0.3 is 14.8 Å². The highest BCUT2D eigenvalue weighted by atomic mass is 19.1. The van der Waals surface area contributed by atoms with Gasteiger partial charge in [-0.25, -0.2) is 13.6 Å². The lowest BCUT2D eigenvalue weighted by atomic mass is 10.1. The molecule has 5 nitrogen and oxygen atoms in total. The van der Waals surface area contributed by atoms with Gasteiger partial charge >= 0.3 is 6.09 Å². The summed E-state index contributed by atoms with van der Waals surface area (Å²) in [6, 6.07) is 1.76. The molecule has 0 spiro atoms. The zero-order valence-corrected chi connectivity index (χ0v) is 15.0. The second-order valence-corrected chi connectivity index (χ2v) is 6.68. The lowest BCUT2D eigenvalue weighted by Crippen LogP contribution is -2.46. The molecule has 0 aromatic heterocycles. The van der Waals surface area contributed by atoms with Crippen LogP contribution in [0.1, 0.15) is 47.0 Å². The molecule has 0 aliphatic carbocycles. The van der Waals surface area contributed by atoms with Crippen LogP contribution < -0.4 is 10.1 Å². The second-order valence-electron chi connectivity index (χ2n) is 6.68. The molecule has 1 aromatic carbocycles. The molecule has 7 heteroatoms. The van der Waals surface area contributed by atoms with Gasteiger partial charge in [0.2, 0.25) is 0 Å². The third-order valence-corrected chi connectivity index (χ3v) is 3.11. The molecule has 0 radical (unpaired) electrons. The van der Waals surface area contributed by atoms with E-state index in [0.29, 0.717) is 6.42 Å². The van der Waals surface area contributed by atoms with Crippen molar-refractivity contribution in [3.8, 4) is 5.75 Å². The van der Waals surface area contributed by atoms with E-state index < -0.39 is 29.4 Å². The predicted octanol–water partition coefficient (Wildman–Crippen LogP) is 4.00. The zero-order chi connectivity index (χ0) is 19.0. The number of nitrogens with one attached hydrogen (secondary N) is 1. The summed E-state index contributed by atoms with van der Waals surface area (Å²) in [5.74, 6) is -1.87. The number of carbonyl (C=O) groups excluding carboxylic acids is 2. The number of ketones is 1. The van der Waals surface area contributed by atoms with E-state index in [-0.39, 0.29) is 24.6 Å². The van der Waals surface area contributed by atoms with E-state index in [9.17, 15) is 18.4 Å². The summed E-state index contributed by atoms with van der Waals surface area (Å²) in [6.07, 6.45) is 0.995. The van der Waals surface area contributed by atoms with Crippen LogP contribution in [-0.4, -0.2) is 30.1 Å². The van der Waals surface area contributed by atoms with E-state index in [4.69, 9.17) is 9.47 Å². The number of alkyl carbamates (subject to hydrolysis) is 1. The molecule has 0 aliphatic heterocycles. The first kappa shape index (κ1) is 20.9. The minimum atomic E-state index is -0.965. The average molecular weight is 357 g/mol. The van der Waals surface area contributed by atoms with Crippen molar-refractivity contribution in [3.63, 3.8) is 0 Å². The predicted molar refractivity (Wildman–Crippen MR) is 89.5 cm³/mol. The second kappa shape index (κ2) is 9.34. The Morgan fingerprint density at radius 2 is 1.76 bits per heavy atom. The van der Waals surface area contributed by atoms with Crippen LogP contribution in [0.25, 0.3) is 0 Å². The van der Waals surface area contributed by atoms with Crippen LogP contribution in [0, 0.1) is 11.6 Å². The highest BCUT2D eigenvalue weighted by molar-refractivity contribution is 5.87. The fourth-order valence-corrected chi connectivity index (χ4v) is 1.98. The first-order valence-corrected chi connectivity index (χ1v) is 8.22. The van der Waals surface area contributed by atoms with Crippen LogP contribution in [0.5, 0.6) is 5.75 Å². The Bertz CT molecular complexity index is 579. The van der Waals surface area contributed by atoms with Gasteiger partial charge in [0, 0.05) is 24.6 Å². The molecule has 0 unspecified atom stereocenters. The Hall–Kier alpha value is -2.18. The number of unbranched alkanes of at least 4 members (excludes halogenated alkanes) is 1. The summed E-state index contributed by atoms with van der Waals surface area (Å²) >= 11 is 0. The minimum Gasteiger partial charge on any atom is -0.491 e. The van der Waals surface area contributed by atoms with Crippen molar-refractivity contribution in [1.29, 1.82) is 0 Å². The number of carbonyl (C=O) groups is 2. The van der Waals surface area contributed by atoms with Crippen molar-refractivity contribution in [3.05, 3.63) is 29.8 Å². The van der Waals surface area contributed by atoms with Gasteiger partial charge in [0.1, 0.15) is 35.6 Å². The Morgan fingerprint density at radius 1 is 1.16 bits per heavy atom. The Morgan fingerprint density at radius 3 is 2.28 bits per heavy atom. The fraction of sp³-hybridized carbons (Fsp3) is 0.556. The van der Waals surface area contributed by atoms with E-state index in [1.807, 2.05) is 6.92 Å². The molecular weight excluding hydrogens is 332 g/mol. The third kappa shape index (κ3) is 8.47. The zero-order valence-electron chi connectivity index (χ0n) is 15.0. The lowest BCUT2D eigenvalue weighted by molar-refractivity contribution is -0.121. The third-order valence-electron chi connectivity index (χ3n) is 3.11. The van der Waals surface area contributed by atoms with Crippen molar-refractivity contribution in [2.24, 2.45) is 0 Å². The molecule has 0 saturated heterocycles. The summed E-state index contributed by atoms with van der Waals surface area (Å²) < 4.78 is 36.8. The van der Waals surface area contributed by atoms with Gasteiger partial charge in [-0.1, -0.05) is 13.3 Å². The van der Waals surface area contributed by atoms with Crippen LogP contribution in [0.4, 0.5) is 13.6 Å². The number of benzene rings is 1. The number of halogens is 2. The summed E-state index contributed by atoms with van der Waals surface area (Å²) in [5, 5.41) is 2.46. The molecule has 1 rings (SSSR count). The summed E-state index contributed by atoms with van der Waals surface area (Å²) in [6.45, 7) is 6.80. The minimum absolute atomic E-state index is 0.0585. The molecule has 0 fully saturated rings. The first-order valence-electron chi connectivity index (χ1n) is 8.22. The topological polar surface area (TPSA) is 64.6 Å². The maximum Gasteiger partial charge on any atom is 0.408 e. The summed E-state index contributed by atoms with van der Waals surface area (Å²) in [7, 11) is 0. The summed E-state index contributed by atoms with van der Waals surface area (Å²) in [4.78, 5) is 24.2. The smallest absolute Gasteiger partial charge is 0.408 e. The van der Waals surface area contributed by atoms with E-state index in [2.05, 4.69) is 5.32 Å². The molecule has 140 valence electrons. The number of hydrogen-bond donors (Lipinski definition) is 1. The first-order chi connectivity index (χ1) is 11.6. The molecule has 0 bridgehead atoms. The molecule has 0 heterocycles. The molecule has 0 saturated carbocycles. The van der Waals surface area contributed by atoms with Gasteiger partial charge in [-0.05, 0) is 27.2 Å². The SMILES string of the molecule is CCCCC(=O)[C@H](COc1cc(F)cc(F)c1)NC(=O)OC(C)(C)C. The van der Waals surface area contributed by atoms with E-state index >= 15 is 0 Å². The van der Waals surface area contributed by atoms with Gasteiger partial charge in [0.05, 0.1) is 0 Å². The molecule has 1 aromatic rings. The van der Waals surface area contributed by atoms with Gasteiger partial charge in [-0.15, -0.1) is 0 Å². The molecule has 1 atom stereocenters. The maximum absolute atomic E-state index is 13.2. The highest BCUT2D eigenvalue weighted by Crippen LogP contribution is 2.16. The van der Waals surface area contributed by atoms with Gasteiger partial charge in [-0.3, -0.25) is 4.79 Å². The van der Waals surface area contributed by atoms with Gasteiger partial charge in [0.25, 0.3) is 0 Å². The number of rotatable bonds is 8.